The average Bonchev–Trinajstić information content (AvgIpc) is 2.66. The van der Waals surface area contributed by atoms with Crippen molar-refractivity contribution in [1.82, 2.24) is 4.98 Å². The number of para-hydroxylation sites is 1. The van der Waals surface area contributed by atoms with Crippen LogP contribution in [0.5, 0.6) is 0 Å². The monoisotopic (exact) mass is 210 g/mol. The van der Waals surface area contributed by atoms with Crippen LogP contribution in [0.15, 0.2) is 48.7 Å². The molecule has 80 valence electrons. The smallest absolute Gasteiger partial charge is 0.0499 e. The minimum atomic E-state index is 0.373. The summed E-state index contributed by atoms with van der Waals surface area (Å²) in [7, 11) is 0. The number of benzene rings is 1. The molecule has 3 rings (SSSR count). The molecule has 0 saturated heterocycles. The van der Waals surface area contributed by atoms with Crippen molar-refractivity contribution in [3.8, 4) is 0 Å². The summed E-state index contributed by atoms with van der Waals surface area (Å²) in [5, 5.41) is 3.51. The van der Waals surface area contributed by atoms with E-state index in [4.69, 9.17) is 0 Å². The predicted molar refractivity (Wildman–Crippen MR) is 65.6 cm³/mol. The van der Waals surface area contributed by atoms with Gasteiger partial charge in [-0.2, -0.15) is 0 Å². The maximum Gasteiger partial charge on any atom is 0.0499 e. The molecule has 1 aromatic heterocycles. The fourth-order valence-electron chi connectivity index (χ4n) is 2.47. The number of nitrogens with zero attached hydrogens (tertiary/aromatic N) is 1. The predicted octanol–water partition coefficient (Wildman–Crippen LogP) is 3.03. The van der Waals surface area contributed by atoms with E-state index in [9.17, 15) is 0 Å². The molecular weight excluding hydrogens is 196 g/mol. The van der Waals surface area contributed by atoms with Gasteiger partial charge in [0.25, 0.3) is 0 Å². The number of pyridine rings is 1. The van der Waals surface area contributed by atoms with E-state index in [0.29, 0.717) is 12.0 Å². The highest BCUT2D eigenvalue weighted by Gasteiger charge is 2.30. The van der Waals surface area contributed by atoms with E-state index in [1.807, 2.05) is 12.3 Å². The molecule has 0 radical (unpaired) electrons. The molecule has 1 aliphatic rings. The van der Waals surface area contributed by atoms with Crippen molar-refractivity contribution in [1.29, 1.82) is 0 Å². The topological polar surface area (TPSA) is 24.9 Å². The van der Waals surface area contributed by atoms with Crippen LogP contribution in [0.25, 0.3) is 0 Å². The molecule has 2 heterocycles. The zero-order chi connectivity index (χ0) is 11.0. The molecule has 2 atom stereocenters. The summed E-state index contributed by atoms with van der Waals surface area (Å²) >= 11 is 0. The second kappa shape index (κ2) is 3.63. The normalized spacial score (nSPS) is 22.6. The molecule has 2 unspecified atom stereocenters. The summed E-state index contributed by atoms with van der Waals surface area (Å²) in [6.45, 7) is 2.21. The summed E-state index contributed by atoms with van der Waals surface area (Å²) in [6, 6.07) is 15.0. The van der Waals surface area contributed by atoms with Crippen LogP contribution in [0, 0.1) is 0 Å². The Kier molecular flexibility index (Phi) is 2.13. The molecule has 16 heavy (non-hydrogen) atoms. The van der Waals surface area contributed by atoms with Gasteiger partial charge in [-0.1, -0.05) is 24.3 Å². The lowest BCUT2D eigenvalue weighted by Crippen LogP contribution is -2.17. The number of hydrogen-bond acceptors (Lipinski definition) is 2. The van der Waals surface area contributed by atoms with Crippen LogP contribution in [0.1, 0.15) is 24.1 Å². The summed E-state index contributed by atoms with van der Waals surface area (Å²) in [6.07, 6.45) is 1.86. The molecule has 0 aliphatic carbocycles. The van der Waals surface area contributed by atoms with Crippen molar-refractivity contribution < 1.29 is 0 Å². The highest BCUT2D eigenvalue weighted by molar-refractivity contribution is 5.61. The number of hydrogen-bond donors (Lipinski definition) is 1. The van der Waals surface area contributed by atoms with Gasteiger partial charge in [-0.3, -0.25) is 4.98 Å². The molecule has 2 heteroatoms. The molecule has 1 N–H and O–H groups in total. The summed E-state index contributed by atoms with van der Waals surface area (Å²) in [4.78, 5) is 4.47. The van der Waals surface area contributed by atoms with Crippen LogP contribution in [-0.4, -0.2) is 11.0 Å². The first-order valence-electron chi connectivity index (χ1n) is 5.62. The highest BCUT2D eigenvalue weighted by atomic mass is 15.0. The summed E-state index contributed by atoms with van der Waals surface area (Å²) in [5.74, 6) is 0.373. The third-order valence-electron chi connectivity index (χ3n) is 3.19. The van der Waals surface area contributed by atoms with Crippen LogP contribution in [0.2, 0.25) is 0 Å². The van der Waals surface area contributed by atoms with Gasteiger partial charge in [0.1, 0.15) is 0 Å². The Morgan fingerprint density at radius 2 is 1.88 bits per heavy atom. The quantitative estimate of drug-likeness (QED) is 0.782. The van der Waals surface area contributed by atoms with E-state index >= 15 is 0 Å². The lowest BCUT2D eigenvalue weighted by Gasteiger charge is -2.15. The van der Waals surface area contributed by atoms with E-state index in [-0.39, 0.29) is 0 Å². The van der Waals surface area contributed by atoms with Gasteiger partial charge >= 0.3 is 0 Å². The first-order valence-corrected chi connectivity index (χ1v) is 5.62. The molecule has 0 amide bonds. The fraction of sp³-hybridized carbons (Fsp3) is 0.214. The average molecular weight is 210 g/mol. The van der Waals surface area contributed by atoms with Gasteiger partial charge in [0.2, 0.25) is 0 Å². The standard InChI is InChI=1S/C14H14N2/c1-10-14(13-8-4-5-9-15-13)11-6-2-3-7-12(11)16-10/h2-10,14,16H,1H3. The van der Waals surface area contributed by atoms with E-state index in [0.717, 1.165) is 5.69 Å². The van der Waals surface area contributed by atoms with Crippen LogP contribution in [-0.2, 0) is 0 Å². The van der Waals surface area contributed by atoms with Gasteiger partial charge in [-0.25, -0.2) is 0 Å². The zero-order valence-electron chi connectivity index (χ0n) is 9.22. The largest absolute Gasteiger partial charge is 0.381 e. The first-order chi connectivity index (χ1) is 7.86. The molecule has 2 aromatic rings. The molecule has 0 saturated carbocycles. The molecule has 2 nitrogen and oxygen atoms in total. The SMILES string of the molecule is CC1Nc2ccccc2C1c1ccccn1. The molecule has 0 spiro atoms. The lowest BCUT2D eigenvalue weighted by atomic mass is 9.92. The van der Waals surface area contributed by atoms with Crippen LogP contribution in [0.4, 0.5) is 5.69 Å². The summed E-state index contributed by atoms with van der Waals surface area (Å²) in [5.41, 5.74) is 3.74. The van der Waals surface area contributed by atoms with Gasteiger partial charge < -0.3 is 5.32 Å². The summed E-state index contributed by atoms with van der Waals surface area (Å²) < 4.78 is 0. The van der Waals surface area contributed by atoms with Crippen molar-refractivity contribution in [2.75, 3.05) is 5.32 Å². The minimum Gasteiger partial charge on any atom is -0.381 e. The van der Waals surface area contributed by atoms with Gasteiger partial charge in [-0.15, -0.1) is 0 Å². The third-order valence-corrected chi connectivity index (χ3v) is 3.19. The van der Waals surface area contributed by atoms with Crippen molar-refractivity contribution in [3.05, 3.63) is 59.9 Å². The molecule has 0 fully saturated rings. The van der Waals surface area contributed by atoms with Gasteiger partial charge in [0.05, 0.1) is 0 Å². The van der Waals surface area contributed by atoms with Crippen molar-refractivity contribution in [2.24, 2.45) is 0 Å². The Morgan fingerprint density at radius 1 is 1.06 bits per heavy atom. The number of fused-ring (bicyclic) bond motifs is 1. The van der Waals surface area contributed by atoms with E-state index in [2.05, 4.69) is 53.6 Å². The van der Waals surface area contributed by atoms with E-state index in [1.54, 1.807) is 0 Å². The maximum atomic E-state index is 4.47. The molecular formula is C14H14N2. The first kappa shape index (κ1) is 9.40. The molecule has 1 aliphatic heterocycles. The Hall–Kier alpha value is -1.83. The van der Waals surface area contributed by atoms with Gasteiger partial charge in [-0.05, 0) is 30.7 Å². The number of rotatable bonds is 1. The Morgan fingerprint density at radius 3 is 2.69 bits per heavy atom. The Balaban J connectivity index is 2.09. The number of nitrogens with one attached hydrogen (secondary N) is 1. The van der Waals surface area contributed by atoms with Crippen LogP contribution >= 0.6 is 0 Å². The van der Waals surface area contributed by atoms with Crippen LogP contribution < -0.4 is 5.32 Å². The van der Waals surface area contributed by atoms with E-state index in [1.165, 1.54) is 11.3 Å². The second-order valence-electron chi connectivity index (χ2n) is 4.25. The van der Waals surface area contributed by atoms with Crippen LogP contribution in [0.3, 0.4) is 0 Å². The Bertz CT molecular complexity index is 493. The maximum absolute atomic E-state index is 4.47. The van der Waals surface area contributed by atoms with Crippen molar-refractivity contribution in [3.63, 3.8) is 0 Å². The van der Waals surface area contributed by atoms with E-state index < -0.39 is 0 Å². The van der Waals surface area contributed by atoms with Gasteiger partial charge in [0, 0.05) is 29.5 Å². The second-order valence-corrected chi connectivity index (χ2v) is 4.25. The fourth-order valence-corrected chi connectivity index (χ4v) is 2.47. The third kappa shape index (κ3) is 1.38. The molecule has 1 aromatic carbocycles. The minimum absolute atomic E-state index is 0.373. The number of anilines is 1. The van der Waals surface area contributed by atoms with Crippen molar-refractivity contribution in [2.45, 2.75) is 18.9 Å². The van der Waals surface area contributed by atoms with Crippen molar-refractivity contribution >= 4 is 5.69 Å². The Labute approximate surface area is 95.3 Å². The number of aromatic nitrogens is 1. The zero-order valence-corrected chi connectivity index (χ0v) is 9.22. The van der Waals surface area contributed by atoms with Gasteiger partial charge in [0.15, 0.2) is 0 Å². The molecule has 0 bridgehead atoms. The lowest BCUT2D eigenvalue weighted by molar-refractivity contribution is 0.706. The highest BCUT2D eigenvalue weighted by Crippen LogP contribution is 2.38.